The van der Waals surface area contributed by atoms with Crippen molar-refractivity contribution in [1.29, 1.82) is 0 Å². The van der Waals surface area contributed by atoms with Gasteiger partial charge in [0.15, 0.2) is 0 Å². The first kappa shape index (κ1) is 18.2. The summed E-state index contributed by atoms with van der Waals surface area (Å²) in [5, 5.41) is 12.9. The Balaban J connectivity index is 1.89. The highest BCUT2D eigenvalue weighted by Crippen LogP contribution is 2.23. The molecule has 6 heteroatoms. The highest BCUT2D eigenvalue weighted by Gasteiger charge is 2.13. The summed E-state index contributed by atoms with van der Waals surface area (Å²) in [5.74, 6) is 0.405. The van der Waals surface area contributed by atoms with Gasteiger partial charge in [-0.2, -0.15) is 0 Å². The van der Waals surface area contributed by atoms with E-state index in [1.807, 2.05) is 18.2 Å². The van der Waals surface area contributed by atoms with Crippen molar-refractivity contribution in [2.24, 2.45) is 5.92 Å². The minimum atomic E-state index is -0.143. The van der Waals surface area contributed by atoms with Crippen LogP contribution in [0, 0.1) is 5.92 Å². The number of aliphatic hydroxyl groups is 1. The maximum atomic E-state index is 12.2. The first-order chi connectivity index (χ1) is 11.6. The van der Waals surface area contributed by atoms with Crippen LogP contribution in [0.1, 0.15) is 11.3 Å². The number of amides is 1. The standard InChI is InChI=1S/C18H21ClN2O3/c1-24-17-6-5-15(19)9-14(17)10-18(23)21-11-13(12-22)8-16-4-2-3-7-20-16/h2-7,9,13,22H,8,10-12H2,1H3,(H,21,23). The van der Waals surface area contributed by atoms with E-state index in [0.29, 0.717) is 23.7 Å². The van der Waals surface area contributed by atoms with E-state index in [4.69, 9.17) is 16.3 Å². The lowest BCUT2D eigenvalue weighted by Crippen LogP contribution is -2.33. The SMILES string of the molecule is COc1ccc(Cl)cc1CC(=O)NCC(CO)Cc1ccccn1. The van der Waals surface area contributed by atoms with Crippen LogP contribution < -0.4 is 10.1 Å². The van der Waals surface area contributed by atoms with Crippen LogP contribution in [0.2, 0.25) is 5.02 Å². The second-order valence-electron chi connectivity index (χ2n) is 5.51. The lowest BCUT2D eigenvalue weighted by molar-refractivity contribution is -0.120. The van der Waals surface area contributed by atoms with Gasteiger partial charge in [0.1, 0.15) is 5.75 Å². The fraction of sp³-hybridized carbons (Fsp3) is 0.333. The molecule has 0 fully saturated rings. The number of aliphatic hydroxyl groups excluding tert-OH is 1. The van der Waals surface area contributed by atoms with Gasteiger partial charge >= 0.3 is 0 Å². The van der Waals surface area contributed by atoms with E-state index >= 15 is 0 Å². The Labute approximate surface area is 146 Å². The van der Waals surface area contributed by atoms with Crippen molar-refractivity contribution in [3.63, 3.8) is 0 Å². The quantitative estimate of drug-likeness (QED) is 0.767. The maximum Gasteiger partial charge on any atom is 0.224 e. The molecule has 0 saturated heterocycles. The van der Waals surface area contributed by atoms with Crippen LogP contribution in [0.25, 0.3) is 0 Å². The molecular formula is C18H21ClN2O3. The molecule has 0 aliphatic heterocycles. The third-order valence-corrected chi connectivity index (χ3v) is 3.90. The van der Waals surface area contributed by atoms with Crippen LogP contribution in [0.3, 0.4) is 0 Å². The third-order valence-electron chi connectivity index (χ3n) is 3.66. The molecule has 24 heavy (non-hydrogen) atoms. The molecule has 0 saturated carbocycles. The first-order valence-corrected chi connectivity index (χ1v) is 8.10. The number of benzene rings is 1. The minimum Gasteiger partial charge on any atom is -0.496 e. The summed E-state index contributed by atoms with van der Waals surface area (Å²) >= 11 is 5.97. The highest BCUT2D eigenvalue weighted by molar-refractivity contribution is 6.30. The van der Waals surface area contributed by atoms with Gasteiger partial charge in [-0.1, -0.05) is 17.7 Å². The Morgan fingerprint density at radius 2 is 2.21 bits per heavy atom. The first-order valence-electron chi connectivity index (χ1n) is 7.72. The van der Waals surface area contributed by atoms with E-state index in [1.165, 1.54) is 0 Å². The highest BCUT2D eigenvalue weighted by atomic mass is 35.5. The lowest BCUT2D eigenvalue weighted by Gasteiger charge is -2.15. The molecule has 2 aromatic rings. The van der Waals surface area contributed by atoms with Crippen LogP contribution in [0.5, 0.6) is 5.75 Å². The van der Waals surface area contributed by atoms with Crippen LogP contribution in [0.4, 0.5) is 0 Å². The molecule has 0 radical (unpaired) electrons. The van der Waals surface area contributed by atoms with Gasteiger partial charge in [-0.3, -0.25) is 9.78 Å². The van der Waals surface area contributed by atoms with Gasteiger partial charge in [0.05, 0.1) is 13.5 Å². The summed E-state index contributed by atoms with van der Waals surface area (Å²) in [6.07, 6.45) is 2.50. The number of aromatic nitrogens is 1. The van der Waals surface area contributed by atoms with Crippen molar-refractivity contribution in [3.8, 4) is 5.75 Å². The Morgan fingerprint density at radius 3 is 2.88 bits per heavy atom. The summed E-state index contributed by atoms with van der Waals surface area (Å²) in [5.41, 5.74) is 1.62. The molecule has 1 unspecified atom stereocenters. The predicted octanol–water partition coefficient (Wildman–Crippen LogP) is 2.25. The molecule has 1 aromatic heterocycles. The zero-order valence-electron chi connectivity index (χ0n) is 13.5. The number of pyridine rings is 1. The number of halogens is 1. The number of methoxy groups -OCH3 is 1. The maximum absolute atomic E-state index is 12.2. The average molecular weight is 349 g/mol. The number of hydrogen-bond donors (Lipinski definition) is 2. The molecule has 128 valence electrons. The molecule has 2 rings (SSSR count). The van der Waals surface area contributed by atoms with E-state index in [2.05, 4.69) is 10.3 Å². The van der Waals surface area contributed by atoms with Crippen molar-refractivity contribution in [2.75, 3.05) is 20.3 Å². The van der Waals surface area contributed by atoms with E-state index in [0.717, 1.165) is 11.3 Å². The molecule has 5 nitrogen and oxygen atoms in total. The van der Waals surface area contributed by atoms with Gasteiger partial charge in [-0.25, -0.2) is 0 Å². The average Bonchev–Trinajstić information content (AvgIpc) is 2.59. The molecule has 2 N–H and O–H groups in total. The van der Waals surface area contributed by atoms with Crippen molar-refractivity contribution in [1.82, 2.24) is 10.3 Å². The van der Waals surface area contributed by atoms with Gasteiger partial charge in [-0.05, 0) is 36.8 Å². The van der Waals surface area contributed by atoms with Crippen molar-refractivity contribution in [3.05, 3.63) is 58.9 Å². The van der Waals surface area contributed by atoms with Gasteiger partial charge in [0.2, 0.25) is 5.91 Å². The summed E-state index contributed by atoms with van der Waals surface area (Å²) in [6.45, 7) is 0.367. The molecule has 1 amide bonds. The molecular weight excluding hydrogens is 328 g/mol. The Kier molecular flexibility index (Phi) is 7.03. The fourth-order valence-corrected chi connectivity index (χ4v) is 2.59. The van der Waals surface area contributed by atoms with Crippen molar-refractivity contribution < 1.29 is 14.6 Å². The summed E-state index contributed by atoms with van der Waals surface area (Å²) in [6, 6.07) is 10.8. The second kappa shape index (κ2) is 9.25. The Bertz CT molecular complexity index is 665. The minimum absolute atomic E-state index is 0.0165. The number of carbonyl (C=O) groups is 1. The lowest BCUT2D eigenvalue weighted by atomic mass is 10.0. The number of nitrogens with zero attached hydrogens (tertiary/aromatic N) is 1. The van der Waals surface area contributed by atoms with Crippen molar-refractivity contribution >= 4 is 17.5 Å². The Morgan fingerprint density at radius 1 is 1.38 bits per heavy atom. The fourth-order valence-electron chi connectivity index (χ4n) is 2.39. The van der Waals surface area contributed by atoms with Crippen LogP contribution in [0.15, 0.2) is 42.6 Å². The summed E-state index contributed by atoms with van der Waals surface area (Å²) in [4.78, 5) is 16.4. The number of ether oxygens (including phenoxy) is 1. The van der Waals surface area contributed by atoms with Gasteiger partial charge in [0.25, 0.3) is 0 Å². The zero-order valence-corrected chi connectivity index (χ0v) is 14.3. The molecule has 0 aliphatic rings. The molecule has 0 spiro atoms. The normalized spacial score (nSPS) is 11.8. The molecule has 1 aromatic carbocycles. The molecule has 1 atom stereocenters. The van der Waals surface area contributed by atoms with Crippen molar-refractivity contribution in [2.45, 2.75) is 12.8 Å². The topological polar surface area (TPSA) is 71.5 Å². The van der Waals surface area contributed by atoms with E-state index in [9.17, 15) is 9.90 Å². The smallest absolute Gasteiger partial charge is 0.224 e. The van der Waals surface area contributed by atoms with E-state index < -0.39 is 0 Å². The monoisotopic (exact) mass is 348 g/mol. The number of carbonyl (C=O) groups excluding carboxylic acids is 1. The van der Waals surface area contributed by atoms with Crippen LogP contribution in [-0.4, -0.2) is 36.3 Å². The number of rotatable bonds is 8. The molecule has 0 bridgehead atoms. The second-order valence-corrected chi connectivity index (χ2v) is 5.95. The summed E-state index contributed by atoms with van der Waals surface area (Å²) < 4.78 is 5.24. The number of nitrogens with one attached hydrogen (secondary N) is 1. The van der Waals surface area contributed by atoms with Gasteiger partial charge in [-0.15, -0.1) is 0 Å². The van der Waals surface area contributed by atoms with Crippen LogP contribution >= 0.6 is 11.6 Å². The molecule has 1 heterocycles. The largest absolute Gasteiger partial charge is 0.496 e. The van der Waals surface area contributed by atoms with Crippen LogP contribution in [-0.2, 0) is 17.6 Å². The third kappa shape index (κ3) is 5.51. The predicted molar refractivity (Wildman–Crippen MR) is 93.2 cm³/mol. The molecule has 0 aliphatic carbocycles. The Hall–Kier alpha value is -2.11. The number of hydrogen-bond acceptors (Lipinski definition) is 4. The van der Waals surface area contributed by atoms with Gasteiger partial charge < -0.3 is 15.2 Å². The van der Waals surface area contributed by atoms with Gasteiger partial charge in [0, 0.05) is 41.5 Å². The van der Waals surface area contributed by atoms with E-state index in [-0.39, 0.29) is 24.9 Å². The van der Waals surface area contributed by atoms with E-state index in [1.54, 1.807) is 31.5 Å². The summed E-state index contributed by atoms with van der Waals surface area (Å²) in [7, 11) is 1.55. The zero-order chi connectivity index (χ0) is 17.4.